The molecule has 2 aliphatic heterocycles. The van der Waals surface area contributed by atoms with Crippen LogP contribution in [0.1, 0.15) is 24.8 Å². The molecular weight excluding hydrogens is 382 g/mol. The van der Waals surface area contributed by atoms with E-state index in [9.17, 15) is 18.0 Å². The zero-order valence-corrected chi connectivity index (χ0v) is 16.9. The number of aryl methyl sites for hydroxylation is 1. The first-order valence-electron chi connectivity index (χ1n) is 9.31. The molecule has 0 aliphatic carbocycles. The Morgan fingerprint density at radius 2 is 2.07 bits per heavy atom. The quantitative estimate of drug-likeness (QED) is 0.701. The van der Waals surface area contributed by atoms with E-state index in [4.69, 9.17) is 4.74 Å². The number of rotatable bonds is 6. The molecule has 28 heavy (non-hydrogen) atoms. The maximum atomic E-state index is 12.7. The lowest BCUT2D eigenvalue weighted by Gasteiger charge is -2.28. The Kier molecular flexibility index (Phi) is 6.02. The molecule has 0 radical (unpaired) electrons. The molecule has 0 aromatic heterocycles. The average molecular weight is 407 g/mol. The maximum Gasteiger partial charge on any atom is 0.269 e. The molecule has 1 atom stereocenters. The molecule has 0 bridgehead atoms. The van der Waals surface area contributed by atoms with E-state index in [0.717, 1.165) is 11.3 Å². The second-order valence-electron chi connectivity index (χ2n) is 7.18. The van der Waals surface area contributed by atoms with Gasteiger partial charge in [-0.25, -0.2) is 13.4 Å². The van der Waals surface area contributed by atoms with Gasteiger partial charge in [-0.05, 0) is 25.0 Å². The molecular formula is C19H25N3O5S. The average Bonchev–Trinajstić information content (AvgIpc) is 3.02. The van der Waals surface area contributed by atoms with Gasteiger partial charge in [0, 0.05) is 19.9 Å². The molecule has 1 aromatic carbocycles. The first-order chi connectivity index (χ1) is 13.3. The minimum atomic E-state index is -3.14. The highest BCUT2D eigenvalue weighted by Gasteiger charge is 2.37. The molecule has 152 valence electrons. The molecule has 9 heteroatoms. The summed E-state index contributed by atoms with van der Waals surface area (Å²) >= 11 is 0. The number of likely N-dealkylation sites (N-methyl/N-ethyl adjacent to an activating group) is 1. The summed E-state index contributed by atoms with van der Waals surface area (Å²) in [6.07, 6.45) is 0.782. The third-order valence-electron chi connectivity index (χ3n) is 4.99. The van der Waals surface area contributed by atoms with Gasteiger partial charge in [-0.1, -0.05) is 18.2 Å². The molecule has 2 aliphatic rings. The van der Waals surface area contributed by atoms with Gasteiger partial charge in [-0.3, -0.25) is 9.59 Å². The molecule has 1 saturated heterocycles. The van der Waals surface area contributed by atoms with Gasteiger partial charge in [0.25, 0.3) is 5.91 Å². The highest BCUT2D eigenvalue weighted by Crippen LogP contribution is 2.22. The number of nitrogens with zero attached hydrogens (tertiary/aromatic N) is 3. The second kappa shape index (κ2) is 8.30. The van der Waals surface area contributed by atoms with Gasteiger partial charge in [-0.15, -0.1) is 0 Å². The maximum absolute atomic E-state index is 12.7. The first-order valence-corrected chi connectivity index (χ1v) is 11.1. The van der Waals surface area contributed by atoms with Gasteiger partial charge in [-0.2, -0.15) is 5.10 Å². The Bertz CT molecular complexity index is 897. The van der Waals surface area contributed by atoms with Crippen LogP contribution in [0.15, 0.2) is 29.4 Å². The number of para-hydroxylation sites is 1. The van der Waals surface area contributed by atoms with Gasteiger partial charge < -0.3 is 9.64 Å². The minimum Gasteiger partial charge on any atom is -0.491 e. The van der Waals surface area contributed by atoms with Gasteiger partial charge in [0.05, 0.1) is 24.1 Å². The lowest BCUT2D eigenvalue weighted by atomic mass is 10.1. The molecule has 0 saturated carbocycles. The van der Waals surface area contributed by atoms with Crippen LogP contribution >= 0.6 is 0 Å². The summed E-state index contributed by atoms with van der Waals surface area (Å²) in [6.45, 7) is 2.66. The molecule has 8 nitrogen and oxygen atoms in total. The second-order valence-corrected chi connectivity index (χ2v) is 9.41. The van der Waals surface area contributed by atoms with Crippen molar-refractivity contribution in [2.24, 2.45) is 5.10 Å². The topological polar surface area (TPSA) is 96.3 Å². The van der Waals surface area contributed by atoms with Crippen molar-refractivity contribution in [2.45, 2.75) is 32.2 Å². The monoisotopic (exact) mass is 407 g/mol. The zero-order chi connectivity index (χ0) is 20.3. The van der Waals surface area contributed by atoms with Gasteiger partial charge in [0.2, 0.25) is 5.91 Å². The highest BCUT2D eigenvalue weighted by atomic mass is 32.2. The van der Waals surface area contributed by atoms with Gasteiger partial charge >= 0.3 is 0 Å². The fraction of sp³-hybridized carbons (Fsp3) is 0.526. The highest BCUT2D eigenvalue weighted by molar-refractivity contribution is 7.91. The standard InChI is InChI=1S/C19H25N3O5S/c1-14-5-3-4-6-17(14)27-11-10-21(2)19(24)16-7-8-18(23)22(20-16)15-9-12-28(25,26)13-15/h3-6,15H,7-13H2,1-2H3. The van der Waals surface area contributed by atoms with Crippen LogP contribution in [0.4, 0.5) is 0 Å². The molecule has 0 N–H and O–H groups in total. The Balaban J connectivity index is 1.60. The van der Waals surface area contributed by atoms with E-state index in [1.165, 1.54) is 9.91 Å². The van der Waals surface area contributed by atoms with E-state index in [1.807, 2.05) is 31.2 Å². The van der Waals surface area contributed by atoms with Crippen molar-refractivity contribution in [1.29, 1.82) is 0 Å². The van der Waals surface area contributed by atoms with Crippen molar-refractivity contribution in [2.75, 3.05) is 31.7 Å². The van der Waals surface area contributed by atoms with Crippen LogP contribution in [0, 0.1) is 6.92 Å². The van der Waals surface area contributed by atoms with Crippen LogP contribution < -0.4 is 4.74 Å². The summed E-state index contributed by atoms with van der Waals surface area (Å²) in [6, 6.07) is 7.18. The molecule has 2 amide bonds. The van der Waals surface area contributed by atoms with Crippen LogP contribution in [-0.2, 0) is 19.4 Å². The van der Waals surface area contributed by atoms with Crippen molar-refractivity contribution in [1.82, 2.24) is 9.91 Å². The predicted octanol–water partition coefficient (Wildman–Crippen LogP) is 0.998. The van der Waals surface area contributed by atoms with Crippen LogP contribution in [0.5, 0.6) is 5.75 Å². The number of hydrogen-bond acceptors (Lipinski definition) is 6. The van der Waals surface area contributed by atoms with Crippen molar-refractivity contribution in [3.05, 3.63) is 29.8 Å². The first kappa shape index (κ1) is 20.3. The molecule has 1 fully saturated rings. The molecule has 2 heterocycles. The number of sulfone groups is 1. The smallest absolute Gasteiger partial charge is 0.269 e. The SMILES string of the molecule is Cc1ccccc1OCCN(C)C(=O)C1=NN(C2CCS(=O)(=O)C2)C(=O)CC1. The molecule has 1 unspecified atom stereocenters. The third kappa shape index (κ3) is 4.70. The number of carbonyl (C=O) groups excluding carboxylic acids is 2. The molecule has 3 rings (SSSR count). The van der Waals surface area contributed by atoms with E-state index in [-0.39, 0.29) is 41.9 Å². The van der Waals surface area contributed by atoms with Crippen LogP contribution in [0.3, 0.4) is 0 Å². The fourth-order valence-corrected chi connectivity index (χ4v) is 5.00. The number of hydrogen-bond donors (Lipinski definition) is 0. The Morgan fingerprint density at radius 1 is 1.32 bits per heavy atom. The largest absolute Gasteiger partial charge is 0.491 e. The van der Waals surface area contributed by atoms with E-state index in [0.29, 0.717) is 19.6 Å². The van der Waals surface area contributed by atoms with Crippen LogP contribution in [-0.4, -0.2) is 73.6 Å². The van der Waals surface area contributed by atoms with Crippen LogP contribution in [0.25, 0.3) is 0 Å². The van der Waals surface area contributed by atoms with E-state index in [1.54, 1.807) is 7.05 Å². The number of carbonyl (C=O) groups is 2. The van der Waals surface area contributed by atoms with Crippen LogP contribution in [0.2, 0.25) is 0 Å². The van der Waals surface area contributed by atoms with Gasteiger partial charge in [0.1, 0.15) is 18.1 Å². The third-order valence-corrected chi connectivity index (χ3v) is 6.74. The Labute approximate surface area is 165 Å². The summed E-state index contributed by atoms with van der Waals surface area (Å²) in [7, 11) is -1.48. The van der Waals surface area contributed by atoms with Crippen molar-refractivity contribution >= 4 is 27.4 Å². The van der Waals surface area contributed by atoms with Crippen molar-refractivity contribution in [3.63, 3.8) is 0 Å². The molecule has 1 aromatic rings. The van der Waals surface area contributed by atoms with E-state index >= 15 is 0 Å². The predicted molar refractivity (Wildman–Crippen MR) is 105 cm³/mol. The number of benzene rings is 1. The van der Waals surface area contributed by atoms with Gasteiger partial charge in [0.15, 0.2) is 9.84 Å². The lowest BCUT2D eigenvalue weighted by Crippen LogP contribution is -2.44. The summed E-state index contributed by atoms with van der Waals surface area (Å²) in [4.78, 5) is 26.4. The number of amides is 2. The Hall–Kier alpha value is -2.42. The number of ether oxygens (including phenoxy) is 1. The van der Waals surface area contributed by atoms with Crippen molar-refractivity contribution in [3.8, 4) is 5.75 Å². The summed E-state index contributed by atoms with van der Waals surface area (Å²) in [5.41, 5.74) is 1.30. The number of hydrazone groups is 1. The summed E-state index contributed by atoms with van der Waals surface area (Å²) in [5, 5.41) is 5.42. The summed E-state index contributed by atoms with van der Waals surface area (Å²) in [5.74, 6) is 0.230. The minimum absolute atomic E-state index is 0.0520. The van der Waals surface area contributed by atoms with E-state index < -0.39 is 15.9 Å². The normalized spacial score (nSPS) is 21.4. The summed E-state index contributed by atoms with van der Waals surface area (Å²) < 4.78 is 29.1. The fourth-order valence-electron chi connectivity index (χ4n) is 3.31. The van der Waals surface area contributed by atoms with E-state index in [2.05, 4.69) is 5.10 Å². The Morgan fingerprint density at radius 3 is 2.75 bits per heavy atom. The van der Waals surface area contributed by atoms with Crippen molar-refractivity contribution < 1.29 is 22.7 Å². The zero-order valence-electron chi connectivity index (χ0n) is 16.1. The molecule has 0 spiro atoms. The lowest BCUT2D eigenvalue weighted by molar-refractivity contribution is -0.134.